The Morgan fingerprint density at radius 1 is 1.42 bits per heavy atom. The summed E-state index contributed by atoms with van der Waals surface area (Å²) in [4.78, 5) is 26.5. The molecular formula is C17H23BrFN3O4. The van der Waals surface area contributed by atoms with Crippen molar-refractivity contribution in [3.63, 3.8) is 0 Å². The van der Waals surface area contributed by atoms with Crippen molar-refractivity contribution >= 4 is 27.7 Å². The number of benzene rings is 1. The first-order valence-electron chi connectivity index (χ1n) is 8.32. The van der Waals surface area contributed by atoms with E-state index in [0.29, 0.717) is 24.1 Å². The number of carbonyl (C=O) groups excluding carboxylic acids is 1. The summed E-state index contributed by atoms with van der Waals surface area (Å²) in [6, 6.07) is 2.39. The van der Waals surface area contributed by atoms with Gasteiger partial charge in [-0.3, -0.25) is 15.0 Å². The zero-order valence-corrected chi connectivity index (χ0v) is 16.9. The van der Waals surface area contributed by atoms with Crippen LogP contribution < -0.4 is 0 Å². The van der Waals surface area contributed by atoms with E-state index in [0.717, 1.165) is 0 Å². The molecule has 1 aromatic rings. The maximum absolute atomic E-state index is 14.3. The zero-order valence-electron chi connectivity index (χ0n) is 15.3. The Kier molecular flexibility index (Phi) is 6.23. The number of rotatable bonds is 3. The first-order valence-corrected chi connectivity index (χ1v) is 9.11. The number of ether oxygens (including phenoxy) is 1. The number of carbonyl (C=O) groups is 1. The van der Waals surface area contributed by atoms with Gasteiger partial charge >= 0.3 is 6.09 Å². The number of hydrogen-bond donors (Lipinski definition) is 0. The van der Waals surface area contributed by atoms with Crippen molar-refractivity contribution in [3.8, 4) is 0 Å². The Morgan fingerprint density at radius 3 is 2.62 bits per heavy atom. The average molecular weight is 432 g/mol. The van der Waals surface area contributed by atoms with Crippen LogP contribution in [0.4, 0.5) is 14.9 Å². The topological polar surface area (TPSA) is 75.9 Å². The van der Waals surface area contributed by atoms with E-state index in [-0.39, 0.29) is 29.9 Å². The first kappa shape index (κ1) is 20.6. The van der Waals surface area contributed by atoms with Gasteiger partial charge in [-0.2, -0.15) is 0 Å². The predicted octanol–water partition coefficient (Wildman–Crippen LogP) is 3.94. The van der Waals surface area contributed by atoms with Crippen LogP contribution >= 0.6 is 15.9 Å². The summed E-state index contributed by atoms with van der Waals surface area (Å²) in [6.45, 7) is 8.79. The molecule has 2 rings (SSSR count). The second kappa shape index (κ2) is 7.87. The molecule has 7 nitrogen and oxygen atoms in total. The first-order chi connectivity index (χ1) is 12.0. The predicted molar refractivity (Wildman–Crippen MR) is 98.4 cm³/mol. The van der Waals surface area contributed by atoms with Crippen molar-refractivity contribution in [2.75, 3.05) is 19.6 Å². The van der Waals surface area contributed by atoms with E-state index < -0.39 is 16.3 Å². The minimum absolute atomic E-state index is 0.0520. The summed E-state index contributed by atoms with van der Waals surface area (Å²) in [6.07, 6.45) is -0.384. The smallest absolute Gasteiger partial charge is 0.410 e. The van der Waals surface area contributed by atoms with Gasteiger partial charge in [0.2, 0.25) is 0 Å². The molecule has 1 saturated heterocycles. The third kappa shape index (κ3) is 5.14. The second-order valence-electron chi connectivity index (χ2n) is 7.40. The highest BCUT2D eigenvalue weighted by Crippen LogP contribution is 2.28. The Bertz CT molecular complexity index is 708. The maximum Gasteiger partial charge on any atom is 0.410 e. The van der Waals surface area contributed by atoms with Crippen LogP contribution in [0.15, 0.2) is 16.6 Å². The van der Waals surface area contributed by atoms with Crippen LogP contribution in [0.5, 0.6) is 0 Å². The molecule has 1 aliphatic heterocycles. The van der Waals surface area contributed by atoms with E-state index in [1.807, 2.05) is 11.8 Å². The molecule has 26 heavy (non-hydrogen) atoms. The third-order valence-electron chi connectivity index (χ3n) is 4.05. The van der Waals surface area contributed by atoms with Crippen molar-refractivity contribution in [2.45, 2.75) is 45.9 Å². The fourth-order valence-electron chi connectivity index (χ4n) is 2.90. The molecule has 0 unspecified atom stereocenters. The molecule has 1 aliphatic rings. The molecule has 0 radical (unpaired) electrons. The van der Waals surface area contributed by atoms with Gasteiger partial charge in [0.15, 0.2) is 0 Å². The molecule has 0 bridgehead atoms. The summed E-state index contributed by atoms with van der Waals surface area (Å²) in [5.74, 6) is -0.617. The van der Waals surface area contributed by atoms with Crippen molar-refractivity contribution in [2.24, 2.45) is 0 Å². The second-order valence-corrected chi connectivity index (χ2v) is 8.32. The maximum atomic E-state index is 14.3. The van der Waals surface area contributed by atoms with E-state index in [9.17, 15) is 19.3 Å². The fraction of sp³-hybridized carbons (Fsp3) is 0.588. The van der Waals surface area contributed by atoms with Crippen LogP contribution in [0.3, 0.4) is 0 Å². The van der Waals surface area contributed by atoms with Gasteiger partial charge in [0.25, 0.3) is 5.69 Å². The van der Waals surface area contributed by atoms with Crippen molar-refractivity contribution < 1.29 is 18.8 Å². The lowest BCUT2D eigenvalue weighted by Gasteiger charge is -2.40. The quantitative estimate of drug-likeness (QED) is 0.534. The third-order valence-corrected chi connectivity index (χ3v) is 4.51. The lowest BCUT2D eigenvalue weighted by Crippen LogP contribution is -2.54. The molecule has 0 aromatic heterocycles. The minimum atomic E-state index is -0.617. The SMILES string of the molecule is C[C@@H]1CN(Cc2c(F)cc(Br)cc2[N+](=O)[O-])CCN1C(=O)OC(C)(C)C. The van der Waals surface area contributed by atoms with Gasteiger partial charge in [0, 0.05) is 42.8 Å². The van der Waals surface area contributed by atoms with Crippen LogP contribution in [0.25, 0.3) is 0 Å². The highest BCUT2D eigenvalue weighted by atomic mass is 79.9. The number of nitro benzene ring substituents is 1. The molecule has 0 saturated carbocycles. The standard InChI is InChI=1S/C17H23BrFN3O4/c1-11-9-20(5-6-21(11)16(23)26-17(2,3)4)10-13-14(19)7-12(18)8-15(13)22(24)25/h7-8,11H,5-6,9-10H2,1-4H3/t11-/m1/s1. The fourth-order valence-corrected chi connectivity index (χ4v) is 3.32. The molecule has 1 heterocycles. The molecular weight excluding hydrogens is 409 g/mol. The van der Waals surface area contributed by atoms with Gasteiger partial charge in [0.05, 0.1) is 10.5 Å². The molecule has 0 N–H and O–H groups in total. The molecule has 9 heteroatoms. The number of halogens is 2. The van der Waals surface area contributed by atoms with Crippen LogP contribution in [-0.2, 0) is 11.3 Å². The molecule has 144 valence electrons. The van der Waals surface area contributed by atoms with E-state index in [1.54, 1.807) is 25.7 Å². The van der Waals surface area contributed by atoms with E-state index >= 15 is 0 Å². The normalized spacial score (nSPS) is 18.7. The number of nitrogens with zero attached hydrogens (tertiary/aromatic N) is 3. The molecule has 1 aromatic carbocycles. The number of amides is 1. The lowest BCUT2D eigenvalue weighted by atomic mass is 10.1. The molecule has 0 aliphatic carbocycles. The largest absolute Gasteiger partial charge is 0.444 e. The molecule has 1 fully saturated rings. The molecule has 1 amide bonds. The molecule has 1 atom stereocenters. The van der Waals surface area contributed by atoms with Gasteiger partial charge in [-0.15, -0.1) is 0 Å². The number of hydrogen-bond acceptors (Lipinski definition) is 5. The Morgan fingerprint density at radius 2 is 2.08 bits per heavy atom. The van der Waals surface area contributed by atoms with Gasteiger partial charge in [-0.25, -0.2) is 9.18 Å². The van der Waals surface area contributed by atoms with E-state index in [1.165, 1.54) is 12.1 Å². The summed E-state index contributed by atoms with van der Waals surface area (Å²) in [7, 11) is 0. The van der Waals surface area contributed by atoms with Crippen molar-refractivity contribution in [3.05, 3.63) is 38.1 Å². The Balaban J connectivity index is 2.09. The van der Waals surface area contributed by atoms with Gasteiger partial charge < -0.3 is 9.64 Å². The van der Waals surface area contributed by atoms with E-state index in [2.05, 4.69) is 15.9 Å². The average Bonchev–Trinajstić information content (AvgIpc) is 2.47. The summed E-state index contributed by atoms with van der Waals surface area (Å²) < 4.78 is 20.0. The van der Waals surface area contributed by atoms with Gasteiger partial charge in [-0.1, -0.05) is 15.9 Å². The zero-order chi connectivity index (χ0) is 19.6. The van der Waals surface area contributed by atoms with Crippen LogP contribution in [0.2, 0.25) is 0 Å². The summed E-state index contributed by atoms with van der Waals surface area (Å²) in [5, 5.41) is 11.2. The lowest BCUT2D eigenvalue weighted by molar-refractivity contribution is -0.386. The monoisotopic (exact) mass is 431 g/mol. The highest BCUT2D eigenvalue weighted by Gasteiger charge is 2.32. The van der Waals surface area contributed by atoms with Gasteiger partial charge in [0.1, 0.15) is 11.4 Å². The summed E-state index contributed by atoms with van der Waals surface area (Å²) >= 11 is 3.08. The van der Waals surface area contributed by atoms with Crippen LogP contribution in [0, 0.1) is 15.9 Å². The Hall–Kier alpha value is -1.74. The number of piperazine rings is 1. The van der Waals surface area contributed by atoms with Crippen LogP contribution in [0.1, 0.15) is 33.3 Å². The van der Waals surface area contributed by atoms with Crippen molar-refractivity contribution in [1.29, 1.82) is 0 Å². The summed E-state index contributed by atoms with van der Waals surface area (Å²) in [5.41, 5.74) is -0.773. The van der Waals surface area contributed by atoms with Crippen molar-refractivity contribution in [1.82, 2.24) is 9.80 Å². The number of nitro groups is 1. The highest BCUT2D eigenvalue weighted by molar-refractivity contribution is 9.10. The van der Waals surface area contributed by atoms with Gasteiger partial charge in [-0.05, 0) is 33.8 Å². The van der Waals surface area contributed by atoms with E-state index in [4.69, 9.17) is 4.74 Å². The van der Waals surface area contributed by atoms with Crippen LogP contribution in [-0.4, -0.2) is 52.1 Å². The molecule has 0 spiro atoms. The minimum Gasteiger partial charge on any atom is -0.444 e. The Labute approximate surface area is 160 Å².